The zero-order chi connectivity index (χ0) is 26.8. The van der Waals surface area contributed by atoms with Crippen molar-refractivity contribution in [1.29, 1.82) is 0 Å². The number of hydrogen-bond acceptors (Lipinski definition) is 8. The third kappa shape index (κ3) is 4.54. The van der Waals surface area contributed by atoms with E-state index in [2.05, 4.69) is 4.74 Å². The van der Waals surface area contributed by atoms with Crippen molar-refractivity contribution in [1.82, 2.24) is 9.58 Å². The number of aromatic nitrogens is 1. The quantitative estimate of drug-likeness (QED) is 0.357. The van der Waals surface area contributed by atoms with Crippen LogP contribution in [0.25, 0.3) is 0 Å². The van der Waals surface area contributed by atoms with E-state index in [1.54, 1.807) is 17.1 Å². The highest BCUT2D eigenvalue weighted by Gasteiger charge is 2.45. The van der Waals surface area contributed by atoms with Crippen LogP contribution < -0.4 is 15.2 Å². The summed E-state index contributed by atoms with van der Waals surface area (Å²) >= 11 is 0. The Balaban J connectivity index is 1.70. The minimum absolute atomic E-state index is 0.117. The van der Waals surface area contributed by atoms with Crippen molar-refractivity contribution < 1.29 is 37.3 Å². The van der Waals surface area contributed by atoms with Crippen molar-refractivity contribution in [2.45, 2.75) is 12.2 Å². The van der Waals surface area contributed by atoms with Crippen molar-refractivity contribution >= 4 is 12.1 Å². The van der Waals surface area contributed by atoms with E-state index in [4.69, 9.17) is 14.2 Å². The van der Waals surface area contributed by atoms with E-state index in [0.29, 0.717) is 11.1 Å². The molecule has 38 heavy (non-hydrogen) atoms. The molecule has 0 spiro atoms. The Kier molecular flexibility index (Phi) is 6.97. The van der Waals surface area contributed by atoms with Gasteiger partial charge in [0.2, 0.25) is 18.0 Å². The molecule has 0 radical (unpaired) electrons. The van der Waals surface area contributed by atoms with E-state index in [9.17, 15) is 23.2 Å². The highest BCUT2D eigenvalue weighted by Crippen LogP contribution is 2.36. The number of rotatable bonds is 6. The summed E-state index contributed by atoms with van der Waals surface area (Å²) in [4.78, 5) is 39.4. The van der Waals surface area contributed by atoms with Gasteiger partial charge in [-0.2, -0.15) is 0 Å². The molecule has 2 aliphatic rings. The van der Waals surface area contributed by atoms with E-state index in [0.717, 1.165) is 19.2 Å². The van der Waals surface area contributed by atoms with Crippen molar-refractivity contribution in [3.05, 3.63) is 99.5 Å². The van der Waals surface area contributed by atoms with Crippen molar-refractivity contribution in [2.24, 2.45) is 0 Å². The molecule has 3 heterocycles. The lowest BCUT2D eigenvalue weighted by atomic mass is 9.96. The second-order valence-corrected chi connectivity index (χ2v) is 8.48. The SMILES string of the molecule is COC(=O)OCOc1c2n(ccc1=O)N(C(c1ccccc1)c1ccc(F)c(F)c1)[C@@H]1COCCN1C2=O. The monoisotopic (exact) mass is 527 g/mol. The molecule has 10 nitrogen and oxygen atoms in total. The number of nitrogens with zero attached hydrogens (tertiary/aromatic N) is 3. The van der Waals surface area contributed by atoms with Gasteiger partial charge in [0.25, 0.3) is 5.91 Å². The molecule has 1 saturated heterocycles. The maximum absolute atomic E-state index is 14.5. The number of benzene rings is 2. The molecule has 1 amide bonds. The molecule has 198 valence electrons. The molecular formula is C26H23F2N3O7. The molecule has 0 N–H and O–H groups in total. The lowest BCUT2D eigenvalue weighted by Crippen LogP contribution is -2.66. The minimum atomic E-state index is -1.03. The molecule has 2 aromatic carbocycles. The zero-order valence-electron chi connectivity index (χ0n) is 20.2. The normalized spacial score (nSPS) is 17.3. The van der Waals surface area contributed by atoms with Gasteiger partial charge in [0.15, 0.2) is 17.3 Å². The summed E-state index contributed by atoms with van der Waals surface area (Å²) in [6.45, 7) is -0.0908. The van der Waals surface area contributed by atoms with Crippen LogP contribution >= 0.6 is 0 Å². The van der Waals surface area contributed by atoms with Gasteiger partial charge in [-0.05, 0) is 23.3 Å². The molecule has 2 aliphatic heterocycles. The van der Waals surface area contributed by atoms with Gasteiger partial charge in [0, 0.05) is 18.8 Å². The maximum Gasteiger partial charge on any atom is 0.510 e. The van der Waals surface area contributed by atoms with Gasteiger partial charge < -0.3 is 23.8 Å². The topological polar surface area (TPSA) is 99.5 Å². The number of carbonyl (C=O) groups excluding carboxylic acids is 2. The van der Waals surface area contributed by atoms with Crippen LogP contribution in [-0.2, 0) is 14.2 Å². The van der Waals surface area contributed by atoms with Crippen LogP contribution in [0.4, 0.5) is 13.6 Å². The smallest absolute Gasteiger partial charge is 0.451 e. The first-order valence-corrected chi connectivity index (χ1v) is 11.7. The zero-order valence-corrected chi connectivity index (χ0v) is 20.2. The average molecular weight is 527 g/mol. The molecular weight excluding hydrogens is 504 g/mol. The fourth-order valence-electron chi connectivity index (χ4n) is 4.67. The summed E-state index contributed by atoms with van der Waals surface area (Å²) in [5.74, 6) is -2.87. The molecule has 5 rings (SSSR count). The third-order valence-electron chi connectivity index (χ3n) is 6.34. The minimum Gasteiger partial charge on any atom is -0.451 e. The third-order valence-corrected chi connectivity index (χ3v) is 6.34. The molecule has 3 aromatic rings. The number of halogens is 2. The number of pyridine rings is 1. The Labute approximate surface area is 215 Å². The van der Waals surface area contributed by atoms with Crippen molar-refractivity contribution in [3.8, 4) is 5.75 Å². The first-order valence-electron chi connectivity index (χ1n) is 11.7. The predicted octanol–water partition coefficient (Wildman–Crippen LogP) is 2.79. The summed E-state index contributed by atoms with van der Waals surface area (Å²) in [7, 11) is 1.11. The Hall–Kier alpha value is -4.45. The van der Waals surface area contributed by atoms with E-state index in [1.165, 1.54) is 27.9 Å². The fraction of sp³-hybridized carbons (Fsp3) is 0.269. The average Bonchev–Trinajstić information content (AvgIpc) is 2.94. The van der Waals surface area contributed by atoms with E-state index in [1.807, 2.05) is 18.2 Å². The van der Waals surface area contributed by atoms with Gasteiger partial charge in [-0.3, -0.25) is 19.3 Å². The van der Waals surface area contributed by atoms with E-state index < -0.39 is 48.1 Å². The van der Waals surface area contributed by atoms with Gasteiger partial charge in [0.1, 0.15) is 6.17 Å². The molecule has 0 aliphatic carbocycles. The molecule has 2 atom stereocenters. The standard InChI is InChI=1S/C26H23F2N3O7/c1-35-26(34)38-15-37-24-20(32)9-10-30-23(24)25(33)29-11-12-36-14-21(29)31(30)22(16-5-3-2-4-6-16)17-7-8-18(27)19(28)13-17/h2-10,13,21-22H,11-12,14-15H2,1H3/t21-,22?/m1/s1. The Morgan fingerprint density at radius 2 is 1.87 bits per heavy atom. The number of methoxy groups -OCH3 is 1. The van der Waals surface area contributed by atoms with Gasteiger partial charge in [-0.15, -0.1) is 0 Å². The molecule has 1 fully saturated rings. The van der Waals surface area contributed by atoms with Crippen LogP contribution in [0, 0.1) is 11.6 Å². The summed E-state index contributed by atoms with van der Waals surface area (Å²) in [5, 5.41) is 1.76. The largest absolute Gasteiger partial charge is 0.510 e. The highest BCUT2D eigenvalue weighted by atomic mass is 19.2. The van der Waals surface area contributed by atoms with Crippen LogP contribution in [0.5, 0.6) is 5.75 Å². The number of ether oxygens (including phenoxy) is 4. The van der Waals surface area contributed by atoms with E-state index >= 15 is 0 Å². The first-order chi connectivity index (χ1) is 18.4. The number of morpholine rings is 1. The lowest BCUT2D eigenvalue weighted by Gasteiger charge is -2.51. The van der Waals surface area contributed by atoms with Gasteiger partial charge in [-0.1, -0.05) is 36.4 Å². The molecule has 1 aromatic heterocycles. The van der Waals surface area contributed by atoms with Gasteiger partial charge in [-0.25, -0.2) is 13.6 Å². The first kappa shape index (κ1) is 25.2. The Bertz CT molecular complexity index is 1420. The number of fused-ring (bicyclic) bond motifs is 2. The summed E-state index contributed by atoms with van der Waals surface area (Å²) in [6.07, 6.45) is -0.284. The maximum atomic E-state index is 14.5. The Morgan fingerprint density at radius 1 is 1.08 bits per heavy atom. The Morgan fingerprint density at radius 3 is 2.61 bits per heavy atom. The van der Waals surface area contributed by atoms with Gasteiger partial charge >= 0.3 is 6.16 Å². The molecule has 1 unspecified atom stereocenters. The molecule has 0 bridgehead atoms. The number of carbonyl (C=O) groups is 2. The van der Waals surface area contributed by atoms with E-state index in [-0.39, 0.29) is 31.2 Å². The van der Waals surface area contributed by atoms with Crippen molar-refractivity contribution in [3.63, 3.8) is 0 Å². The predicted molar refractivity (Wildman–Crippen MR) is 128 cm³/mol. The van der Waals surface area contributed by atoms with Crippen LogP contribution in [0.2, 0.25) is 0 Å². The second-order valence-electron chi connectivity index (χ2n) is 8.48. The van der Waals surface area contributed by atoms with Crippen LogP contribution in [-0.4, -0.2) is 61.5 Å². The fourth-order valence-corrected chi connectivity index (χ4v) is 4.67. The molecule has 0 saturated carbocycles. The van der Waals surface area contributed by atoms with Crippen LogP contribution in [0.3, 0.4) is 0 Å². The number of hydrogen-bond donors (Lipinski definition) is 0. The van der Waals surface area contributed by atoms with Crippen LogP contribution in [0.1, 0.15) is 27.7 Å². The highest BCUT2D eigenvalue weighted by molar-refractivity contribution is 5.96. The summed E-state index contributed by atoms with van der Waals surface area (Å²) in [5.41, 5.74) is 0.372. The van der Waals surface area contributed by atoms with Crippen molar-refractivity contribution in [2.75, 3.05) is 38.7 Å². The summed E-state index contributed by atoms with van der Waals surface area (Å²) < 4.78 is 50.1. The summed E-state index contributed by atoms with van der Waals surface area (Å²) in [6, 6.07) is 13.1. The second kappa shape index (κ2) is 10.5. The van der Waals surface area contributed by atoms with Crippen LogP contribution in [0.15, 0.2) is 65.6 Å². The molecule has 12 heteroatoms. The lowest BCUT2D eigenvalue weighted by molar-refractivity contribution is -0.0208. The number of amides is 1. The van der Waals surface area contributed by atoms with Gasteiger partial charge in [0.05, 0.1) is 26.4 Å².